The Balaban J connectivity index is 1.61. The number of carbonyl (C=O) groups is 3. The highest BCUT2D eigenvalue weighted by Gasteiger charge is 2.64. The van der Waals surface area contributed by atoms with Crippen molar-refractivity contribution in [1.82, 2.24) is 4.90 Å². The predicted molar refractivity (Wildman–Crippen MR) is 85.9 cm³/mol. The van der Waals surface area contributed by atoms with Crippen LogP contribution in [0.25, 0.3) is 0 Å². The molecule has 0 N–H and O–H groups in total. The summed E-state index contributed by atoms with van der Waals surface area (Å²) >= 11 is 0. The number of alkyl halides is 5. The molecule has 3 rings (SSSR count). The maximum absolute atomic E-state index is 13.4. The topological polar surface area (TPSA) is 130 Å². The van der Waals surface area contributed by atoms with Crippen LogP contribution in [0.4, 0.5) is 22.0 Å². The van der Waals surface area contributed by atoms with Crippen LogP contribution in [0.5, 0.6) is 0 Å². The van der Waals surface area contributed by atoms with E-state index in [4.69, 9.17) is 4.74 Å². The lowest BCUT2D eigenvalue weighted by Gasteiger charge is -2.30. The first-order chi connectivity index (χ1) is 14.1. The Morgan fingerprint density at radius 2 is 1.87 bits per heavy atom. The quantitative estimate of drug-likeness (QED) is 0.296. The minimum Gasteiger partial charge on any atom is -0.743 e. The van der Waals surface area contributed by atoms with E-state index in [2.05, 4.69) is 4.74 Å². The molecule has 6 unspecified atom stereocenters. The molecule has 1 aliphatic heterocycles. The van der Waals surface area contributed by atoms with Gasteiger partial charge in [-0.25, -0.2) is 8.42 Å². The summed E-state index contributed by atoms with van der Waals surface area (Å²) in [6, 6.07) is 0. The normalized spacial score (nSPS) is 30.8. The molecule has 176 valence electrons. The first kappa shape index (κ1) is 23.6. The molecule has 0 aromatic heterocycles. The zero-order valence-electron chi connectivity index (χ0n) is 15.8. The second-order valence-corrected chi connectivity index (χ2v) is 9.31. The van der Waals surface area contributed by atoms with Gasteiger partial charge in [0.05, 0.1) is 18.3 Å². The third kappa shape index (κ3) is 4.08. The van der Waals surface area contributed by atoms with E-state index in [1.54, 1.807) is 0 Å². The smallest absolute Gasteiger partial charge is 0.432 e. The van der Waals surface area contributed by atoms with E-state index in [-0.39, 0.29) is 17.9 Å². The number of fused-ring (bicyclic) bond motifs is 1. The Bertz CT molecular complexity index is 889. The van der Waals surface area contributed by atoms with E-state index in [9.17, 15) is 49.3 Å². The van der Waals surface area contributed by atoms with Crippen LogP contribution in [0.1, 0.15) is 19.3 Å². The summed E-state index contributed by atoms with van der Waals surface area (Å²) in [7, 11) is -5.58. The fraction of sp³-hybridized carbons (Fsp3) is 0.812. The van der Waals surface area contributed by atoms with Gasteiger partial charge in [-0.05, 0) is 18.8 Å². The number of hydrogen-bond donors (Lipinski definition) is 0. The van der Waals surface area contributed by atoms with Crippen molar-refractivity contribution < 1.29 is 58.8 Å². The molecule has 3 aliphatic rings. The van der Waals surface area contributed by atoms with Gasteiger partial charge in [0.15, 0.2) is 10.1 Å². The standard InChI is InChI=1S/C16H18F5NO8S/c1-22(12(24)10-6-4-7-8(5-6)29-13(25)11(7)10)3-2-9(23)30-14(15(17,18)19)16(20,21)31(26,27)28/h6-8,10-11,14H,2-5H2,1H3,(H,26,27,28)/p-1. The summed E-state index contributed by atoms with van der Waals surface area (Å²) < 4.78 is 105. The van der Waals surface area contributed by atoms with Gasteiger partial charge < -0.3 is 18.9 Å². The number of amides is 1. The third-order valence-electron chi connectivity index (χ3n) is 5.98. The van der Waals surface area contributed by atoms with Gasteiger partial charge in [-0.3, -0.25) is 14.4 Å². The number of halogens is 5. The van der Waals surface area contributed by atoms with Gasteiger partial charge in [0.25, 0.3) is 6.10 Å². The molecule has 1 saturated heterocycles. The summed E-state index contributed by atoms with van der Waals surface area (Å²) in [5, 5.41) is -5.94. The van der Waals surface area contributed by atoms with Gasteiger partial charge in [0.2, 0.25) is 5.91 Å². The Kier molecular flexibility index (Phi) is 5.74. The lowest BCUT2D eigenvalue weighted by molar-refractivity contribution is -0.259. The molecule has 1 heterocycles. The highest BCUT2D eigenvalue weighted by Crippen LogP contribution is 2.58. The van der Waals surface area contributed by atoms with E-state index < -0.39 is 70.3 Å². The maximum atomic E-state index is 13.4. The molecule has 31 heavy (non-hydrogen) atoms. The van der Waals surface area contributed by atoms with Crippen LogP contribution in [0.3, 0.4) is 0 Å². The fourth-order valence-electron chi connectivity index (χ4n) is 4.61. The highest BCUT2D eigenvalue weighted by molar-refractivity contribution is 7.86. The van der Waals surface area contributed by atoms with Crippen LogP contribution in [0, 0.1) is 23.7 Å². The SMILES string of the molecule is CN(CCC(=O)OC(C(F)(F)F)C(F)(F)S(=O)(=O)[O-])C(=O)C1C2CC3OC(=O)C1C3C2. The van der Waals surface area contributed by atoms with Crippen molar-refractivity contribution in [3.05, 3.63) is 0 Å². The van der Waals surface area contributed by atoms with E-state index in [0.717, 1.165) is 4.90 Å². The molecule has 0 radical (unpaired) electrons. The summed E-state index contributed by atoms with van der Waals surface area (Å²) in [6.45, 7) is -0.545. The van der Waals surface area contributed by atoms with Crippen molar-refractivity contribution in [3.63, 3.8) is 0 Å². The average Bonchev–Trinajstić information content (AvgIpc) is 3.23. The number of ether oxygens (including phenoxy) is 2. The lowest BCUT2D eigenvalue weighted by Crippen LogP contribution is -2.52. The van der Waals surface area contributed by atoms with Crippen LogP contribution in [-0.2, 0) is 34.0 Å². The van der Waals surface area contributed by atoms with Crippen molar-refractivity contribution >= 4 is 28.0 Å². The van der Waals surface area contributed by atoms with E-state index in [1.165, 1.54) is 7.05 Å². The molecular weight excluding hydrogens is 461 g/mol. The minimum absolute atomic E-state index is 0.0892. The summed E-state index contributed by atoms with van der Waals surface area (Å²) in [6.07, 6.45) is -10.6. The number of carbonyl (C=O) groups excluding carboxylic acids is 3. The van der Waals surface area contributed by atoms with E-state index >= 15 is 0 Å². The second-order valence-electron chi connectivity index (χ2n) is 7.86. The molecule has 2 aliphatic carbocycles. The molecule has 6 atom stereocenters. The molecule has 1 amide bonds. The predicted octanol–water partition coefficient (Wildman–Crippen LogP) is 0.645. The van der Waals surface area contributed by atoms with Crippen molar-refractivity contribution in [1.29, 1.82) is 0 Å². The number of nitrogens with zero attached hydrogens (tertiary/aromatic N) is 1. The number of esters is 2. The van der Waals surface area contributed by atoms with Crippen molar-refractivity contribution in [2.75, 3.05) is 13.6 Å². The van der Waals surface area contributed by atoms with Crippen molar-refractivity contribution in [3.8, 4) is 0 Å². The Hall–Kier alpha value is -2.03. The molecule has 0 aromatic carbocycles. The van der Waals surface area contributed by atoms with E-state index in [0.29, 0.717) is 12.8 Å². The lowest BCUT2D eigenvalue weighted by atomic mass is 9.79. The van der Waals surface area contributed by atoms with Gasteiger partial charge >= 0.3 is 23.4 Å². The molecule has 9 nitrogen and oxygen atoms in total. The molecule has 15 heteroatoms. The average molecular weight is 478 g/mol. The minimum atomic E-state index is -6.79. The Labute approximate surface area is 172 Å². The van der Waals surface area contributed by atoms with Crippen molar-refractivity contribution in [2.45, 2.75) is 42.9 Å². The zero-order chi connectivity index (χ0) is 23.5. The Morgan fingerprint density at radius 3 is 2.42 bits per heavy atom. The van der Waals surface area contributed by atoms with E-state index in [1.807, 2.05) is 0 Å². The zero-order valence-corrected chi connectivity index (χ0v) is 16.6. The summed E-state index contributed by atoms with van der Waals surface area (Å²) in [5.74, 6) is -4.51. The molecule has 3 fully saturated rings. The van der Waals surface area contributed by atoms with Crippen LogP contribution in [0.2, 0.25) is 0 Å². The van der Waals surface area contributed by atoms with Crippen LogP contribution >= 0.6 is 0 Å². The molecule has 0 aromatic rings. The van der Waals surface area contributed by atoms with Gasteiger partial charge in [-0.2, -0.15) is 22.0 Å². The van der Waals surface area contributed by atoms with Gasteiger partial charge in [-0.15, -0.1) is 0 Å². The van der Waals surface area contributed by atoms with Crippen LogP contribution in [-0.4, -0.2) is 72.9 Å². The highest BCUT2D eigenvalue weighted by atomic mass is 32.2. The molecule has 0 spiro atoms. The maximum Gasteiger partial charge on any atom is 0.432 e. The van der Waals surface area contributed by atoms with Crippen molar-refractivity contribution in [2.24, 2.45) is 23.7 Å². The first-order valence-electron chi connectivity index (χ1n) is 9.10. The largest absolute Gasteiger partial charge is 0.743 e. The van der Waals surface area contributed by atoms with Gasteiger partial charge in [0.1, 0.15) is 6.10 Å². The monoisotopic (exact) mass is 478 g/mol. The third-order valence-corrected chi connectivity index (χ3v) is 6.86. The number of hydrogen-bond acceptors (Lipinski definition) is 8. The molecule has 2 saturated carbocycles. The summed E-state index contributed by atoms with van der Waals surface area (Å²) in [4.78, 5) is 37.3. The first-order valence-corrected chi connectivity index (χ1v) is 10.5. The van der Waals surface area contributed by atoms with Gasteiger partial charge in [0, 0.05) is 19.5 Å². The van der Waals surface area contributed by atoms with Crippen LogP contribution < -0.4 is 0 Å². The second kappa shape index (κ2) is 7.53. The summed E-state index contributed by atoms with van der Waals surface area (Å²) in [5.41, 5.74) is 0. The Morgan fingerprint density at radius 1 is 1.26 bits per heavy atom. The fourth-order valence-corrected chi connectivity index (χ4v) is 5.06. The number of rotatable bonds is 7. The molecule has 2 bridgehead atoms. The van der Waals surface area contributed by atoms with Crippen LogP contribution in [0.15, 0.2) is 0 Å². The molecular formula is C16H17F5NO8S-. The van der Waals surface area contributed by atoms with Gasteiger partial charge in [-0.1, -0.05) is 0 Å².